The largest absolute Gasteiger partial charge is 0.0953 e. The number of rotatable bonds is 4. The van der Waals surface area contributed by atoms with Gasteiger partial charge < -0.3 is 0 Å². The number of hydrogen-bond acceptors (Lipinski definition) is 0. The van der Waals surface area contributed by atoms with Crippen LogP contribution in [-0.4, -0.2) is 0 Å². The van der Waals surface area contributed by atoms with Gasteiger partial charge in [-0.1, -0.05) is 57.7 Å². The fraction of sp³-hybridized carbons (Fsp3) is 0.429. The first-order valence-corrected chi connectivity index (χ1v) is 5.29. The summed E-state index contributed by atoms with van der Waals surface area (Å²) in [7, 11) is 0. The van der Waals surface area contributed by atoms with Gasteiger partial charge in [0, 0.05) is 0 Å². The normalized spacial score (nSPS) is 10.8. The molecule has 80 valence electrons. The molecule has 0 radical (unpaired) electrons. The van der Waals surface area contributed by atoms with Gasteiger partial charge in [-0.15, -0.1) is 0 Å². The standard InChI is InChI=1S/C12H18.C2H6/c1-6-10(3)8-9-12(5)11(4)7-2;1-2/h6,8-9H,4-5,7H2,1-3H3;1-2H3/b9-8-,10-6-;. The van der Waals surface area contributed by atoms with Gasteiger partial charge in [0.25, 0.3) is 0 Å². The molecule has 0 aromatic heterocycles. The summed E-state index contributed by atoms with van der Waals surface area (Å²) >= 11 is 0. The van der Waals surface area contributed by atoms with E-state index in [9.17, 15) is 0 Å². The Morgan fingerprint density at radius 3 is 2.00 bits per heavy atom. The Kier molecular flexibility index (Phi) is 11.1. The summed E-state index contributed by atoms with van der Waals surface area (Å²) in [6.07, 6.45) is 7.11. The van der Waals surface area contributed by atoms with Gasteiger partial charge in [-0.2, -0.15) is 0 Å². The Hall–Kier alpha value is -1.04. The Bertz CT molecular complexity index is 226. The molecule has 0 fully saturated rings. The first-order valence-electron chi connectivity index (χ1n) is 5.29. The molecular formula is C14H24. The average Bonchev–Trinajstić information content (AvgIpc) is 2.26. The van der Waals surface area contributed by atoms with Crippen molar-refractivity contribution in [1.82, 2.24) is 0 Å². The van der Waals surface area contributed by atoms with Crippen molar-refractivity contribution in [2.45, 2.75) is 41.0 Å². The molecule has 0 heterocycles. The molecule has 0 unspecified atom stereocenters. The summed E-state index contributed by atoms with van der Waals surface area (Å²) in [5.74, 6) is 0. The molecule has 0 saturated heterocycles. The first-order chi connectivity index (χ1) is 6.61. The maximum absolute atomic E-state index is 3.92. The van der Waals surface area contributed by atoms with Gasteiger partial charge >= 0.3 is 0 Å². The quantitative estimate of drug-likeness (QED) is 0.546. The SMILES string of the molecule is C=C(/C=C\C(C)=C/C)C(=C)CC.CC. The van der Waals surface area contributed by atoms with Crippen LogP contribution in [0.1, 0.15) is 41.0 Å². The minimum atomic E-state index is 0.970. The number of hydrogen-bond donors (Lipinski definition) is 0. The summed E-state index contributed by atoms with van der Waals surface area (Å²) in [6.45, 7) is 18.0. The lowest BCUT2D eigenvalue weighted by Crippen LogP contribution is -1.79. The Morgan fingerprint density at radius 1 is 1.14 bits per heavy atom. The van der Waals surface area contributed by atoms with E-state index in [0.717, 1.165) is 17.6 Å². The van der Waals surface area contributed by atoms with Crippen molar-refractivity contribution >= 4 is 0 Å². The molecule has 0 spiro atoms. The van der Waals surface area contributed by atoms with Gasteiger partial charge in [-0.05, 0) is 31.4 Å². The van der Waals surface area contributed by atoms with Crippen LogP contribution in [0.2, 0.25) is 0 Å². The fourth-order valence-corrected chi connectivity index (χ4v) is 0.673. The van der Waals surface area contributed by atoms with Gasteiger partial charge in [-0.25, -0.2) is 0 Å². The third kappa shape index (κ3) is 7.60. The van der Waals surface area contributed by atoms with Crippen LogP contribution in [0.3, 0.4) is 0 Å². The third-order valence-corrected chi connectivity index (χ3v) is 1.88. The molecule has 0 saturated carbocycles. The predicted octanol–water partition coefficient (Wildman–Crippen LogP) is 5.06. The van der Waals surface area contributed by atoms with Crippen LogP contribution in [0, 0.1) is 0 Å². The lowest BCUT2D eigenvalue weighted by molar-refractivity contribution is 1.14. The molecule has 0 atom stereocenters. The molecule has 0 aliphatic rings. The molecule has 0 aromatic rings. The molecule has 0 N–H and O–H groups in total. The molecule has 0 aliphatic heterocycles. The van der Waals surface area contributed by atoms with Gasteiger partial charge in [0.05, 0.1) is 0 Å². The van der Waals surface area contributed by atoms with Crippen LogP contribution in [0.4, 0.5) is 0 Å². The van der Waals surface area contributed by atoms with Crippen molar-refractivity contribution in [2.24, 2.45) is 0 Å². The van der Waals surface area contributed by atoms with Crippen molar-refractivity contribution in [1.29, 1.82) is 0 Å². The van der Waals surface area contributed by atoms with Crippen LogP contribution in [0.25, 0.3) is 0 Å². The molecule has 0 aliphatic carbocycles. The highest BCUT2D eigenvalue weighted by molar-refractivity contribution is 5.37. The zero-order valence-corrected chi connectivity index (χ0v) is 10.4. The maximum atomic E-state index is 3.92. The number of allylic oxidation sites excluding steroid dienone is 6. The van der Waals surface area contributed by atoms with E-state index < -0.39 is 0 Å². The Morgan fingerprint density at radius 2 is 1.64 bits per heavy atom. The summed E-state index contributed by atoms with van der Waals surface area (Å²) in [4.78, 5) is 0. The van der Waals surface area contributed by atoms with E-state index in [2.05, 4.69) is 39.2 Å². The van der Waals surface area contributed by atoms with Crippen LogP contribution in [0.15, 0.2) is 48.1 Å². The van der Waals surface area contributed by atoms with Crippen molar-refractivity contribution in [2.75, 3.05) is 0 Å². The van der Waals surface area contributed by atoms with Crippen LogP contribution >= 0.6 is 0 Å². The minimum absolute atomic E-state index is 0.970. The van der Waals surface area contributed by atoms with Crippen LogP contribution in [0.5, 0.6) is 0 Å². The monoisotopic (exact) mass is 192 g/mol. The zero-order valence-electron chi connectivity index (χ0n) is 10.4. The van der Waals surface area contributed by atoms with E-state index in [1.165, 1.54) is 5.57 Å². The summed E-state index contributed by atoms with van der Waals surface area (Å²) in [5, 5.41) is 0. The van der Waals surface area contributed by atoms with Gasteiger partial charge in [-0.3, -0.25) is 0 Å². The molecule has 0 amide bonds. The van der Waals surface area contributed by atoms with Gasteiger partial charge in [0.1, 0.15) is 0 Å². The molecule has 0 rings (SSSR count). The average molecular weight is 192 g/mol. The van der Waals surface area contributed by atoms with E-state index >= 15 is 0 Å². The van der Waals surface area contributed by atoms with Crippen LogP contribution < -0.4 is 0 Å². The van der Waals surface area contributed by atoms with Gasteiger partial charge in [0.15, 0.2) is 0 Å². The molecule has 0 aromatic carbocycles. The molecule has 0 heteroatoms. The fourth-order valence-electron chi connectivity index (χ4n) is 0.673. The topological polar surface area (TPSA) is 0 Å². The second-order valence-corrected chi connectivity index (χ2v) is 2.85. The maximum Gasteiger partial charge on any atom is -0.0302 e. The van der Waals surface area contributed by atoms with Crippen molar-refractivity contribution in [3.05, 3.63) is 48.1 Å². The van der Waals surface area contributed by atoms with Crippen molar-refractivity contribution in [3.63, 3.8) is 0 Å². The second-order valence-electron chi connectivity index (χ2n) is 2.85. The molecule has 14 heavy (non-hydrogen) atoms. The van der Waals surface area contributed by atoms with E-state index in [1.54, 1.807) is 0 Å². The molecule has 0 bridgehead atoms. The van der Waals surface area contributed by atoms with E-state index in [0.29, 0.717) is 0 Å². The molecule has 0 nitrogen and oxygen atoms in total. The summed E-state index contributed by atoms with van der Waals surface area (Å²) < 4.78 is 0. The first kappa shape index (κ1) is 15.4. The zero-order chi connectivity index (χ0) is 11.6. The predicted molar refractivity (Wildman–Crippen MR) is 68.5 cm³/mol. The molecular weight excluding hydrogens is 168 g/mol. The lowest BCUT2D eigenvalue weighted by atomic mass is 10.1. The Labute approximate surface area is 89.7 Å². The van der Waals surface area contributed by atoms with E-state index in [-0.39, 0.29) is 0 Å². The second kappa shape index (κ2) is 10.0. The van der Waals surface area contributed by atoms with Crippen molar-refractivity contribution in [3.8, 4) is 0 Å². The lowest BCUT2D eigenvalue weighted by Gasteiger charge is -1.99. The van der Waals surface area contributed by atoms with E-state index in [1.807, 2.05) is 26.8 Å². The smallest absolute Gasteiger partial charge is 0.0302 e. The highest BCUT2D eigenvalue weighted by atomic mass is 14.0. The highest BCUT2D eigenvalue weighted by Crippen LogP contribution is 2.11. The third-order valence-electron chi connectivity index (χ3n) is 1.88. The van der Waals surface area contributed by atoms with Crippen LogP contribution in [-0.2, 0) is 0 Å². The van der Waals surface area contributed by atoms with Crippen molar-refractivity contribution < 1.29 is 0 Å². The summed E-state index contributed by atoms with van der Waals surface area (Å²) in [6, 6.07) is 0. The van der Waals surface area contributed by atoms with Gasteiger partial charge in [0.2, 0.25) is 0 Å². The van der Waals surface area contributed by atoms with E-state index in [4.69, 9.17) is 0 Å². The summed E-state index contributed by atoms with van der Waals surface area (Å²) in [5.41, 5.74) is 3.38. The minimum Gasteiger partial charge on any atom is -0.0953 e. The highest BCUT2D eigenvalue weighted by Gasteiger charge is 1.91. The Balaban J connectivity index is 0.